The third kappa shape index (κ3) is 6.58. The van der Waals surface area contributed by atoms with Crippen LogP contribution < -0.4 is 9.47 Å². The minimum Gasteiger partial charge on any atom is -0.457 e. The van der Waals surface area contributed by atoms with Crippen molar-refractivity contribution in [3.05, 3.63) is 70.6 Å². The van der Waals surface area contributed by atoms with Gasteiger partial charge in [-0.05, 0) is 73.4 Å². The standard InChI is InChI=1S/C24H21ClF3NO5S2/c25-22-12-13-23(35-22)36(31,32)29-14-2-5-20(29)21(30)11-6-16-3-1-4-19(15-16)33-17-7-9-18(10-8-17)34-24(26,27)28/h1,3-4,7-10,12-13,15,20H,2,5-6,11,14H2/t20-/m0/s1. The number of alkyl halides is 3. The van der Waals surface area contributed by atoms with Crippen molar-refractivity contribution in [2.24, 2.45) is 0 Å². The van der Waals surface area contributed by atoms with Gasteiger partial charge in [0.25, 0.3) is 10.0 Å². The molecule has 6 nitrogen and oxygen atoms in total. The maximum atomic E-state index is 13.0. The Bertz CT molecular complexity index is 1330. The van der Waals surface area contributed by atoms with Gasteiger partial charge < -0.3 is 9.47 Å². The van der Waals surface area contributed by atoms with Crippen LogP contribution in [0.1, 0.15) is 24.8 Å². The van der Waals surface area contributed by atoms with Gasteiger partial charge >= 0.3 is 6.36 Å². The lowest BCUT2D eigenvalue weighted by Gasteiger charge is -2.22. The zero-order valence-corrected chi connectivity index (χ0v) is 21.1. The van der Waals surface area contributed by atoms with E-state index in [9.17, 15) is 26.4 Å². The summed E-state index contributed by atoms with van der Waals surface area (Å²) in [6.07, 6.45) is -3.18. The molecule has 0 bridgehead atoms. The number of thiophene rings is 1. The van der Waals surface area contributed by atoms with Gasteiger partial charge in [-0.2, -0.15) is 4.31 Å². The van der Waals surface area contributed by atoms with E-state index in [2.05, 4.69) is 4.74 Å². The zero-order valence-electron chi connectivity index (χ0n) is 18.7. The molecule has 1 fully saturated rings. The van der Waals surface area contributed by atoms with Gasteiger partial charge in [0.05, 0.1) is 10.4 Å². The highest BCUT2D eigenvalue weighted by molar-refractivity contribution is 7.91. The number of halogens is 4. The summed E-state index contributed by atoms with van der Waals surface area (Å²) in [5.74, 6) is 0.250. The molecule has 1 aromatic heterocycles. The molecule has 1 saturated heterocycles. The number of hydrogen-bond donors (Lipinski definition) is 0. The van der Waals surface area contributed by atoms with Crippen molar-refractivity contribution in [2.75, 3.05) is 6.54 Å². The highest BCUT2D eigenvalue weighted by atomic mass is 35.5. The van der Waals surface area contributed by atoms with Crippen molar-refractivity contribution in [2.45, 2.75) is 42.3 Å². The average Bonchev–Trinajstić information content (AvgIpc) is 3.48. The summed E-state index contributed by atoms with van der Waals surface area (Å²) in [5, 5.41) is 0. The van der Waals surface area contributed by atoms with Crippen LogP contribution in [0.4, 0.5) is 13.2 Å². The van der Waals surface area contributed by atoms with Gasteiger partial charge in [-0.25, -0.2) is 8.42 Å². The molecule has 0 saturated carbocycles. The van der Waals surface area contributed by atoms with E-state index in [1.165, 1.54) is 28.6 Å². The van der Waals surface area contributed by atoms with Gasteiger partial charge in [0, 0.05) is 13.0 Å². The number of ketones is 1. The minimum atomic E-state index is -4.77. The summed E-state index contributed by atoms with van der Waals surface area (Å²) in [4.78, 5) is 13.0. The molecule has 1 aliphatic rings. The molecule has 0 radical (unpaired) electrons. The Kier molecular flexibility index (Phi) is 7.93. The Balaban J connectivity index is 1.37. The Labute approximate surface area is 215 Å². The van der Waals surface area contributed by atoms with Gasteiger partial charge in [-0.15, -0.1) is 24.5 Å². The Morgan fingerprint density at radius 1 is 1.06 bits per heavy atom. The second-order valence-electron chi connectivity index (χ2n) is 8.07. The average molecular weight is 560 g/mol. The van der Waals surface area contributed by atoms with Crippen LogP contribution in [-0.4, -0.2) is 37.5 Å². The number of hydrogen-bond acceptors (Lipinski definition) is 6. The third-order valence-corrected chi connectivity index (χ3v) is 9.15. The van der Waals surface area contributed by atoms with Crippen LogP contribution in [0.15, 0.2) is 64.9 Å². The van der Waals surface area contributed by atoms with E-state index in [1.807, 2.05) is 6.07 Å². The molecule has 0 N–H and O–H groups in total. The van der Waals surface area contributed by atoms with Gasteiger partial charge in [0.15, 0.2) is 5.78 Å². The van der Waals surface area contributed by atoms with Crippen LogP contribution in [0.3, 0.4) is 0 Å². The lowest BCUT2D eigenvalue weighted by molar-refractivity contribution is -0.274. The number of carbonyl (C=O) groups excluding carboxylic acids is 1. The number of rotatable bonds is 9. The summed E-state index contributed by atoms with van der Waals surface area (Å²) >= 11 is 6.86. The van der Waals surface area contributed by atoms with E-state index in [-0.39, 0.29) is 28.7 Å². The van der Waals surface area contributed by atoms with Crippen molar-refractivity contribution in [3.63, 3.8) is 0 Å². The molecule has 1 atom stereocenters. The predicted molar refractivity (Wildman–Crippen MR) is 129 cm³/mol. The number of Topliss-reactive ketones (excluding diaryl/α,β-unsaturated/α-hetero) is 1. The van der Waals surface area contributed by atoms with Crippen molar-refractivity contribution < 1.29 is 35.9 Å². The largest absolute Gasteiger partial charge is 0.573 e. The molecule has 2 heterocycles. The van der Waals surface area contributed by atoms with Crippen LogP contribution in [0.5, 0.6) is 17.2 Å². The lowest BCUT2D eigenvalue weighted by Crippen LogP contribution is -2.40. The maximum absolute atomic E-state index is 13.0. The van der Waals surface area contributed by atoms with Crippen LogP contribution in [0.2, 0.25) is 4.34 Å². The minimum absolute atomic E-state index is 0.120. The number of sulfonamides is 1. The Morgan fingerprint density at radius 3 is 2.44 bits per heavy atom. The fourth-order valence-corrected chi connectivity index (χ4v) is 7.24. The molecular weight excluding hydrogens is 539 g/mol. The number of aryl methyl sites for hydroxylation is 1. The molecule has 12 heteroatoms. The summed E-state index contributed by atoms with van der Waals surface area (Å²) < 4.78 is 74.2. The molecule has 1 aliphatic heterocycles. The first-order valence-electron chi connectivity index (χ1n) is 10.9. The Hall–Kier alpha value is -2.60. The quantitative estimate of drug-likeness (QED) is 0.301. The van der Waals surface area contributed by atoms with Crippen LogP contribution in [0, 0.1) is 0 Å². The molecular formula is C24H21ClF3NO5S2. The molecule has 2 aromatic carbocycles. The van der Waals surface area contributed by atoms with E-state index >= 15 is 0 Å². The topological polar surface area (TPSA) is 72.9 Å². The van der Waals surface area contributed by atoms with E-state index < -0.39 is 22.4 Å². The predicted octanol–water partition coefficient (Wildman–Crippen LogP) is 6.45. The monoisotopic (exact) mass is 559 g/mol. The third-order valence-electron chi connectivity index (χ3n) is 5.54. The fraction of sp³-hybridized carbons (Fsp3) is 0.292. The smallest absolute Gasteiger partial charge is 0.457 e. The van der Waals surface area contributed by atoms with Gasteiger partial charge in [0.1, 0.15) is 21.5 Å². The zero-order chi connectivity index (χ0) is 25.9. The summed E-state index contributed by atoms with van der Waals surface area (Å²) in [5.41, 5.74) is 0.801. The molecule has 3 aromatic rings. The summed E-state index contributed by atoms with van der Waals surface area (Å²) in [6.45, 7) is 0.282. The molecule has 36 heavy (non-hydrogen) atoms. The van der Waals surface area contributed by atoms with E-state index in [0.29, 0.717) is 35.1 Å². The van der Waals surface area contributed by atoms with Crippen molar-refractivity contribution in [3.8, 4) is 17.2 Å². The molecule has 192 valence electrons. The molecule has 0 amide bonds. The fourth-order valence-electron chi connectivity index (χ4n) is 3.95. The van der Waals surface area contributed by atoms with Crippen LogP contribution in [0.25, 0.3) is 0 Å². The van der Waals surface area contributed by atoms with Crippen molar-refractivity contribution in [1.29, 1.82) is 0 Å². The van der Waals surface area contributed by atoms with Gasteiger partial charge in [0.2, 0.25) is 0 Å². The van der Waals surface area contributed by atoms with E-state index in [1.54, 1.807) is 18.2 Å². The van der Waals surface area contributed by atoms with Gasteiger partial charge in [-0.1, -0.05) is 23.7 Å². The second kappa shape index (κ2) is 10.8. The van der Waals surface area contributed by atoms with Crippen LogP contribution in [-0.2, 0) is 21.2 Å². The highest BCUT2D eigenvalue weighted by Crippen LogP contribution is 2.33. The molecule has 0 unspecified atom stereocenters. The number of nitrogens with zero attached hydrogens (tertiary/aromatic N) is 1. The van der Waals surface area contributed by atoms with Crippen molar-refractivity contribution >= 4 is 38.7 Å². The molecule has 0 aliphatic carbocycles. The number of carbonyl (C=O) groups is 1. The first-order chi connectivity index (χ1) is 17.0. The molecule has 0 spiro atoms. The number of benzene rings is 2. The number of ether oxygens (including phenoxy) is 2. The van der Waals surface area contributed by atoms with E-state index in [0.717, 1.165) is 29.0 Å². The summed E-state index contributed by atoms with van der Waals surface area (Å²) in [7, 11) is -3.79. The Morgan fingerprint density at radius 2 is 1.78 bits per heavy atom. The first kappa shape index (κ1) is 26.5. The first-order valence-corrected chi connectivity index (χ1v) is 13.6. The lowest BCUT2D eigenvalue weighted by atomic mass is 10.0. The second-order valence-corrected chi connectivity index (χ2v) is 11.9. The van der Waals surface area contributed by atoms with Crippen molar-refractivity contribution in [1.82, 2.24) is 4.31 Å². The highest BCUT2D eigenvalue weighted by Gasteiger charge is 2.39. The molecule has 4 rings (SSSR count). The van der Waals surface area contributed by atoms with Crippen LogP contribution >= 0.6 is 22.9 Å². The SMILES string of the molecule is O=C(CCc1cccc(Oc2ccc(OC(F)(F)F)cc2)c1)[C@@H]1CCCN1S(=O)(=O)c1ccc(Cl)s1. The summed E-state index contributed by atoms with van der Waals surface area (Å²) in [6, 6.07) is 14.2. The van der Waals surface area contributed by atoms with E-state index in [4.69, 9.17) is 16.3 Å². The maximum Gasteiger partial charge on any atom is 0.573 e. The normalized spacial score (nSPS) is 16.7. The van der Waals surface area contributed by atoms with Gasteiger partial charge in [-0.3, -0.25) is 4.79 Å².